The van der Waals surface area contributed by atoms with E-state index in [0.29, 0.717) is 12.1 Å². The van der Waals surface area contributed by atoms with Crippen molar-refractivity contribution >= 4 is 40.3 Å². The number of nitrogens with one attached hydrogen (secondary N) is 1. The smallest absolute Gasteiger partial charge is 0.251 e. The van der Waals surface area contributed by atoms with E-state index in [2.05, 4.69) is 21.7 Å². The molecule has 2 aromatic heterocycles. The number of rotatable bonds is 5. The molecule has 0 saturated heterocycles. The first-order valence-corrected chi connectivity index (χ1v) is 10.0. The lowest BCUT2D eigenvalue weighted by molar-refractivity contribution is 0.0951. The fourth-order valence-corrected chi connectivity index (χ4v) is 4.10. The number of thiophene rings is 1. The molecule has 1 aromatic carbocycles. The Bertz CT molecular complexity index is 805. The van der Waals surface area contributed by atoms with Gasteiger partial charge in [0.2, 0.25) is 0 Å². The minimum atomic E-state index is -0.0443. The number of aromatic nitrogens is 1. The molecule has 0 aliphatic rings. The van der Waals surface area contributed by atoms with Crippen LogP contribution >= 0.6 is 34.4 Å². The van der Waals surface area contributed by atoms with Crippen LogP contribution in [-0.2, 0) is 6.54 Å². The van der Waals surface area contributed by atoms with Gasteiger partial charge in [-0.05, 0) is 49.6 Å². The fourth-order valence-electron chi connectivity index (χ4n) is 2.10. The Morgan fingerprint density at radius 3 is 2.65 bits per heavy atom. The molecule has 3 aromatic rings. The summed E-state index contributed by atoms with van der Waals surface area (Å²) >= 11 is 4.99. The van der Waals surface area contributed by atoms with Crippen molar-refractivity contribution in [2.75, 3.05) is 6.26 Å². The van der Waals surface area contributed by atoms with Gasteiger partial charge in [0.15, 0.2) is 0 Å². The minimum absolute atomic E-state index is 0.0443. The number of amides is 1. The van der Waals surface area contributed by atoms with Gasteiger partial charge in [0, 0.05) is 20.7 Å². The summed E-state index contributed by atoms with van der Waals surface area (Å²) in [5.74, 6) is -0.0443. The molecule has 0 atom stereocenters. The molecule has 0 bridgehead atoms. The second-order valence-electron chi connectivity index (χ2n) is 4.93. The molecular weight excluding hydrogens is 344 g/mol. The third-order valence-electron chi connectivity index (χ3n) is 3.31. The van der Waals surface area contributed by atoms with Crippen LogP contribution in [0.5, 0.6) is 0 Å². The van der Waals surface area contributed by atoms with Gasteiger partial charge in [0.1, 0.15) is 0 Å². The first-order valence-electron chi connectivity index (χ1n) is 7.09. The van der Waals surface area contributed by atoms with Gasteiger partial charge >= 0.3 is 0 Å². The highest BCUT2D eigenvalue weighted by molar-refractivity contribution is 7.98. The minimum Gasteiger partial charge on any atom is -0.347 e. The molecular formula is C17H16N2OS3. The zero-order chi connectivity index (χ0) is 16.2. The second kappa shape index (κ2) is 7.29. The van der Waals surface area contributed by atoms with Crippen LogP contribution in [0.3, 0.4) is 0 Å². The molecule has 0 radical (unpaired) electrons. The Labute approximate surface area is 147 Å². The summed E-state index contributed by atoms with van der Waals surface area (Å²) in [6.07, 6.45) is 2.02. The van der Waals surface area contributed by atoms with E-state index in [4.69, 9.17) is 0 Å². The van der Waals surface area contributed by atoms with Crippen molar-refractivity contribution in [3.63, 3.8) is 0 Å². The Hall–Kier alpha value is -1.63. The highest BCUT2D eigenvalue weighted by Crippen LogP contribution is 2.29. The molecule has 1 N–H and O–H groups in total. The molecule has 23 heavy (non-hydrogen) atoms. The van der Waals surface area contributed by atoms with Crippen molar-refractivity contribution in [1.82, 2.24) is 10.3 Å². The third kappa shape index (κ3) is 4.02. The second-order valence-corrected chi connectivity index (χ2v) is 8.04. The zero-order valence-corrected chi connectivity index (χ0v) is 15.3. The maximum Gasteiger partial charge on any atom is 0.251 e. The number of thioether (sulfide) groups is 1. The molecule has 2 heterocycles. The monoisotopic (exact) mass is 360 g/mol. The van der Waals surface area contributed by atoms with Crippen LogP contribution in [0.25, 0.3) is 10.6 Å². The van der Waals surface area contributed by atoms with Crippen LogP contribution in [0.2, 0.25) is 0 Å². The maximum atomic E-state index is 12.2. The van der Waals surface area contributed by atoms with Crippen molar-refractivity contribution in [3.05, 3.63) is 57.2 Å². The molecule has 0 spiro atoms. The largest absolute Gasteiger partial charge is 0.347 e. The van der Waals surface area contributed by atoms with Crippen LogP contribution < -0.4 is 5.32 Å². The molecule has 118 valence electrons. The van der Waals surface area contributed by atoms with Crippen molar-refractivity contribution in [1.29, 1.82) is 0 Å². The van der Waals surface area contributed by atoms with Crippen LogP contribution in [0.15, 0.2) is 46.7 Å². The molecule has 0 aliphatic carbocycles. The van der Waals surface area contributed by atoms with Gasteiger partial charge in [-0.3, -0.25) is 4.79 Å². The maximum absolute atomic E-state index is 12.2. The number of carbonyl (C=O) groups is 1. The van der Waals surface area contributed by atoms with Gasteiger partial charge in [0.25, 0.3) is 5.91 Å². The van der Waals surface area contributed by atoms with Gasteiger partial charge in [-0.2, -0.15) is 0 Å². The van der Waals surface area contributed by atoms with Crippen molar-refractivity contribution in [2.45, 2.75) is 18.4 Å². The van der Waals surface area contributed by atoms with Gasteiger partial charge in [-0.15, -0.1) is 34.4 Å². The SMILES string of the molecule is CSc1ccc(C(=O)NCc2ccc(-c3csc(C)n3)s2)cc1. The number of nitrogens with zero attached hydrogens (tertiary/aromatic N) is 1. The summed E-state index contributed by atoms with van der Waals surface area (Å²) in [4.78, 5) is 20.1. The van der Waals surface area contributed by atoms with Gasteiger partial charge < -0.3 is 5.32 Å². The molecule has 1 amide bonds. The Kier molecular flexibility index (Phi) is 5.15. The molecule has 0 saturated carbocycles. The predicted molar refractivity (Wildman–Crippen MR) is 99.6 cm³/mol. The average molecular weight is 361 g/mol. The van der Waals surface area contributed by atoms with Crippen molar-refractivity contribution in [2.24, 2.45) is 0 Å². The Morgan fingerprint density at radius 1 is 1.22 bits per heavy atom. The number of carbonyl (C=O) groups excluding carboxylic acids is 1. The number of aryl methyl sites for hydroxylation is 1. The number of hydrogen-bond acceptors (Lipinski definition) is 5. The lowest BCUT2D eigenvalue weighted by atomic mass is 10.2. The highest BCUT2D eigenvalue weighted by Gasteiger charge is 2.08. The van der Waals surface area contributed by atoms with E-state index in [1.54, 1.807) is 34.4 Å². The summed E-state index contributed by atoms with van der Waals surface area (Å²) < 4.78 is 0. The third-order valence-corrected chi connectivity index (χ3v) is 5.93. The predicted octanol–water partition coefficient (Wildman–Crippen LogP) is 4.83. The average Bonchev–Trinajstić information content (AvgIpc) is 3.21. The normalized spacial score (nSPS) is 10.7. The van der Waals surface area contributed by atoms with Crippen molar-refractivity contribution < 1.29 is 4.79 Å². The molecule has 0 unspecified atom stereocenters. The van der Waals surface area contributed by atoms with E-state index in [9.17, 15) is 4.79 Å². The van der Waals surface area contributed by atoms with E-state index in [1.165, 1.54) is 0 Å². The quantitative estimate of drug-likeness (QED) is 0.663. The zero-order valence-electron chi connectivity index (χ0n) is 12.8. The molecule has 3 rings (SSSR count). The number of hydrogen-bond donors (Lipinski definition) is 1. The van der Waals surface area contributed by atoms with E-state index < -0.39 is 0 Å². The van der Waals surface area contributed by atoms with Crippen LogP contribution in [0.1, 0.15) is 20.2 Å². The van der Waals surface area contributed by atoms with Crippen LogP contribution in [0.4, 0.5) is 0 Å². The van der Waals surface area contributed by atoms with E-state index >= 15 is 0 Å². The first kappa shape index (κ1) is 16.2. The summed E-state index contributed by atoms with van der Waals surface area (Å²) in [5.41, 5.74) is 1.71. The molecule has 6 heteroatoms. The number of benzene rings is 1. The summed E-state index contributed by atoms with van der Waals surface area (Å²) in [7, 11) is 0. The Balaban J connectivity index is 1.61. The lowest BCUT2D eigenvalue weighted by Gasteiger charge is -2.04. The summed E-state index contributed by atoms with van der Waals surface area (Å²) in [5, 5.41) is 6.10. The van der Waals surface area contributed by atoms with Crippen molar-refractivity contribution in [3.8, 4) is 10.6 Å². The summed E-state index contributed by atoms with van der Waals surface area (Å²) in [6.45, 7) is 2.54. The highest BCUT2D eigenvalue weighted by atomic mass is 32.2. The van der Waals surface area contributed by atoms with Gasteiger partial charge in [-0.1, -0.05) is 0 Å². The Morgan fingerprint density at radius 2 is 2.00 bits per heavy atom. The molecule has 0 fully saturated rings. The van der Waals surface area contributed by atoms with E-state index in [1.807, 2.05) is 43.5 Å². The van der Waals surface area contributed by atoms with E-state index in [0.717, 1.165) is 25.4 Å². The topological polar surface area (TPSA) is 42.0 Å². The number of thiazole rings is 1. The fraction of sp³-hybridized carbons (Fsp3) is 0.176. The van der Waals surface area contributed by atoms with Crippen LogP contribution in [-0.4, -0.2) is 17.1 Å². The van der Waals surface area contributed by atoms with E-state index in [-0.39, 0.29) is 5.91 Å². The molecule has 0 aliphatic heterocycles. The molecule has 3 nitrogen and oxygen atoms in total. The first-order chi connectivity index (χ1) is 11.2. The summed E-state index contributed by atoms with van der Waals surface area (Å²) in [6, 6.07) is 11.8. The standard InChI is InChI=1S/C17H16N2OS3/c1-11-19-15(10-22-11)16-8-7-14(23-16)9-18-17(20)12-3-5-13(21-2)6-4-12/h3-8,10H,9H2,1-2H3,(H,18,20). The van der Waals surface area contributed by atoms with Gasteiger partial charge in [-0.25, -0.2) is 4.98 Å². The van der Waals surface area contributed by atoms with Crippen LogP contribution in [0, 0.1) is 6.92 Å². The lowest BCUT2D eigenvalue weighted by Crippen LogP contribution is -2.22. The van der Waals surface area contributed by atoms with Gasteiger partial charge in [0.05, 0.1) is 22.1 Å².